The molecule has 2 aromatic carbocycles. The lowest BCUT2D eigenvalue weighted by molar-refractivity contribution is -0.117. The molecule has 0 spiro atoms. The predicted octanol–water partition coefficient (Wildman–Crippen LogP) is 1.47. The molecule has 0 fully saturated rings. The Morgan fingerprint density at radius 3 is 2.56 bits per heavy atom. The number of benzene rings is 2. The van der Waals surface area contributed by atoms with Crippen LogP contribution in [0.15, 0.2) is 53.3 Å². The molecule has 3 N–H and O–H groups in total. The maximum absolute atomic E-state index is 12.9. The van der Waals surface area contributed by atoms with Crippen LogP contribution >= 0.6 is 11.3 Å². The topological polar surface area (TPSA) is 143 Å². The summed E-state index contributed by atoms with van der Waals surface area (Å²) >= 11 is 1.00. The lowest BCUT2D eigenvalue weighted by Crippen LogP contribution is -2.34. The molecule has 1 aromatic heterocycles. The Morgan fingerprint density at radius 2 is 1.87 bits per heavy atom. The minimum atomic E-state index is -0.713. The van der Waals surface area contributed by atoms with E-state index in [1.165, 1.54) is 16.3 Å². The third-order valence-electron chi connectivity index (χ3n) is 5.57. The monoisotopic (exact) mass is 543 g/mol. The summed E-state index contributed by atoms with van der Waals surface area (Å²) in [6, 6.07) is 18.8. The summed E-state index contributed by atoms with van der Waals surface area (Å²) in [4.78, 5) is 39.7. The van der Waals surface area contributed by atoms with Gasteiger partial charge in [-0.05, 0) is 44.7 Å². The van der Waals surface area contributed by atoms with Gasteiger partial charge in [-0.1, -0.05) is 35.9 Å². The van der Waals surface area contributed by atoms with Crippen molar-refractivity contribution in [1.82, 2.24) is 14.8 Å². The molecule has 0 bridgehead atoms. The summed E-state index contributed by atoms with van der Waals surface area (Å²) in [5.74, 6) is -0.871. The zero-order chi connectivity index (χ0) is 28.4. The average molecular weight is 544 g/mol. The predicted molar refractivity (Wildman–Crippen MR) is 152 cm³/mol. The molecule has 2 amide bonds. The number of likely N-dealkylation sites (N-methyl/N-ethyl adjacent to an activating group) is 1. The highest BCUT2D eigenvalue weighted by Crippen LogP contribution is 2.15. The van der Waals surface area contributed by atoms with Crippen LogP contribution in [0.25, 0.3) is 11.8 Å². The van der Waals surface area contributed by atoms with Crippen LogP contribution in [0, 0.1) is 29.6 Å². The fourth-order valence-corrected chi connectivity index (χ4v) is 4.94. The zero-order valence-electron chi connectivity index (χ0n) is 21.9. The summed E-state index contributed by atoms with van der Waals surface area (Å²) in [6.45, 7) is 4.64. The fraction of sp³-hybridized carbons (Fsp3) is 0.250. The van der Waals surface area contributed by atoms with Crippen molar-refractivity contribution in [2.24, 2.45) is 0 Å². The number of nitriles is 2. The van der Waals surface area contributed by atoms with Crippen LogP contribution in [0.3, 0.4) is 0 Å². The van der Waals surface area contributed by atoms with E-state index in [0.717, 1.165) is 16.9 Å². The Labute approximate surface area is 230 Å². The summed E-state index contributed by atoms with van der Waals surface area (Å²) < 4.78 is 1.84. The van der Waals surface area contributed by atoms with Crippen molar-refractivity contribution in [3.8, 4) is 12.1 Å². The second kappa shape index (κ2) is 13.7. The number of nitrogens with one attached hydrogen (secondary N) is 3. The number of thiazole rings is 1. The van der Waals surface area contributed by atoms with E-state index in [9.17, 15) is 19.6 Å². The van der Waals surface area contributed by atoms with Gasteiger partial charge in [-0.15, -0.1) is 11.3 Å². The number of nitrogens with zero attached hydrogens (tertiary/aromatic N) is 4. The number of aryl methyl sites for hydroxylation is 1. The minimum Gasteiger partial charge on any atom is -0.360 e. The Morgan fingerprint density at radius 1 is 1.13 bits per heavy atom. The van der Waals surface area contributed by atoms with Crippen LogP contribution in [0.5, 0.6) is 0 Å². The molecule has 0 aliphatic heterocycles. The first-order valence-electron chi connectivity index (χ1n) is 12.2. The van der Waals surface area contributed by atoms with Crippen LogP contribution in [0.2, 0.25) is 0 Å². The normalized spacial score (nSPS) is 11.9. The molecule has 0 saturated heterocycles. The third kappa shape index (κ3) is 7.89. The van der Waals surface area contributed by atoms with Crippen molar-refractivity contribution in [1.29, 1.82) is 10.5 Å². The molecular weight excluding hydrogens is 514 g/mol. The highest BCUT2D eigenvalue weighted by atomic mass is 32.1. The van der Waals surface area contributed by atoms with Gasteiger partial charge in [0.05, 0.1) is 12.6 Å². The highest BCUT2D eigenvalue weighted by molar-refractivity contribution is 7.07. The summed E-state index contributed by atoms with van der Waals surface area (Å²) in [5.41, 5.74) is 2.94. The SMILES string of the molecule is CCn1c(=C(C#N)C(=O)NCC#N)sc(=CNc2cccc(NC(=O)CN(C)Cc3cccc(C)c3)c2)c1=O. The van der Waals surface area contributed by atoms with E-state index in [1.54, 1.807) is 37.3 Å². The Kier molecular flexibility index (Phi) is 10.2. The minimum absolute atomic E-state index is 0.158. The van der Waals surface area contributed by atoms with Gasteiger partial charge in [0.2, 0.25) is 5.91 Å². The zero-order valence-corrected chi connectivity index (χ0v) is 22.8. The van der Waals surface area contributed by atoms with Gasteiger partial charge in [0.15, 0.2) is 5.57 Å². The van der Waals surface area contributed by atoms with Crippen LogP contribution < -0.4 is 30.7 Å². The molecule has 3 rings (SSSR count). The first-order valence-corrected chi connectivity index (χ1v) is 13.0. The first kappa shape index (κ1) is 28.9. The molecule has 0 saturated carbocycles. The maximum Gasteiger partial charge on any atom is 0.270 e. The van der Waals surface area contributed by atoms with Gasteiger partial charge in [-0.2, -0.15) is 10.5 Å². The number of carbonyl (C=O) groups is 2. The second-order valence-corrected chi connectivity index (χ2v) is 9.76. The molecule has 39 heavy (non-hydrogen) atoms. The summed E-state index contributed by atoms with van der Waals surface area (Å²) in [7, 11) is 1.88. The number of carbonyl (C=O) groups excluding carboxylic acids is 2. The lowest BCUT2D eigenvalue weighted by atomic mass is 10.1. The largest absolute Gasteiger partial charge is 0.360 e. The van der Waals surface area contributed by atoms with Gasteiger partial charge in [-0.25, -0.2) is 0 Å². The number of anilines is 2. The molecule has 0 unspecified atom stereocenters. The average Bonchev–Trinajstić information content (AvgIpc) is 3.21. The van der Waals surface area contributed by atoms with Crippen LogP contribution in [0.4, 0.5) is 11.4 Å². The van der Waals surface area contributed by atoms with Crippen LogP contribution in [-0.4, -0.2) is 41.4 Å². The molecule has 10 nitrogen and oxygen atoms in total. The third-order valence-corrected chi connectivity index (χ3v) is 6.70. The number of aromatic nitrogens is 1. The van der Waals surface area contributed by atoms with Crippen molar-refractivity contribution < 1.29 is 9.59 Å². The van der Waals surface area contributed by atoms with Crippen molar-refractivity contribution in [2.45, 2.75) is 26.9 Å². The number of hydrogen-bond acceptors (Lipinski definition) is 8. The smallest absolute Gasteiger partial charge is 0.270 e. The van der Waals surface area contributed by atoms with E-state index < -0.39 is 5.91 Å². The van der Waals surface area contributed by atoms with Gasteiger partial charge in [0.25, 0.3) is 11.5 Å². The fourth-order valence-electron chi connectivity index (χ4n) is 3.86. The van der Waals surface area contributed by atoms with Gasteiger partial charge < -0.3 is 16.0 Å². The van der Waals surface area contributed by atoms with E-state index in [2.05, 4.69) is 22.0 Å². The lowest BCUT2D eigenvalue weighted by Gasteiger charge is -2.17. The summed E-state index contributed by atoms with van der Waals surface area (Å²) in [5, 5.41) is 26.5. The second-order valence-electron chi connectivity index (χ2n) is 8.73. The molecule has 0 radical (unpaired) electrons. The summed E-state index contributed by atoms with van der Waals surface area (Å²) in [6.07, 6.45) is 1.50. The van der Waals surface area contributed by atoms with E-state index in [1.807, 2.05) is 43.1 Å². The first-order chi connectivity index (χ1) is 18.7. The molecular formula is C28H29N7O3S. The molecule has 3 aromatic rings. The standard InChI is InChI=1S/C28H29N7O3S/c1-4-35-27(38)24(39-28(35)23(15-30)26(37)31-12-11-29)16-32-21-9-6-10-22(14-21)33-25(36)18-34(3)17-20-8-5-7-19(2)13-20/h5-10,13-14,16,32H,4,12,17-18H2,1-3H3,(H,31,37)(H,33,36). The Bertz CT molecular complexity index is 1630. The van der Waals surface area contributed by atoms with E-state index >= 15 is 0 Å². The van der Waals surface area contributed by atoms with Crippen molar-refractivity contribution >= 4 is 46.3 Å². The molecule has 0 aliphatic carbocycles. The van der Waals surface area contributed by atoms with Crippen LogP contribution in [-0.2, 0) is 22.7 Å². The number of rotatable bonds is 10. The van der Waals surface area contributed by atoms with Crippen LogP contribution in [0.1, 0.15) is 18.1 Å². The molecule has 11 heteroatoms. The maximum atomic E-state index is 12.9. The van der Waals surface area contributed by atoms with E-state index in [4.69, 9.17) is 5.26 Å². The molecule has 200 valence electrons. The Hall–Kier alpha value is -4.71. The van der Waals surface area contributed by atoms with Gasteiger partial charge in [-0.3, -0.25) is 23.9 Å². The number of hydrogen-bond donors (Lipinski definition) is 3. The highest BCUT2D eigenvalue weighted by Gasteiger charge is 2.15. The molecule has 1 heterocycles. The van der Waals surface area contributed by atoms with E-state index in [-0.39, 0.29) is 41.3 Å². The van der Waals surface area contributed by atoms with Gasteiger partial charge in [0.1, 0.15) is 21.8 Å². The van der Waals surface area contributed by atoms with Crippen molar-refractivity contribution in [3.05, 3.63) is 79.2 Å². The van der Waals surface area contributed by atoms with Gasteiger partial charge >= 0.3 is 0 Å². The molecule has 0 aliphatic rings. The van der Waals surface area contributed by atoms with Crippen molar-refractivity contribution in [3.63, 3.8) is 0 Å². The van der Waals surface area contributed by atoms with E-state index in [0.29, 0.717) is 22.5 Å². The molecule has 0 atom stereocenters. The quantitative estimate of drug-likeness (QED) is 0.329. The Balaban J connectivity index is 1.74. The number of amides is 2. The van der Waals surface area contributed by atoms with Crippen molar-refractivity contribution in [2.75, 3.05) is 30.8 Å². The van der Waals surface area contributed by atoms with Gasteiger partial charge in [0, 0.05) is 30.7 Å².